The predicted molar refractivity (Wildman–Crippen MR) is 99.0 cm³/mol. The summed E-state index contributed by atoms with van der Waals surface area (Å²) in [5, 5.41) is 2.74. The topological polar surface area (TPSA) is 67.2 Å². The summed E-state index contributed by atoms with van der Waals surface area (Å²) in [6.45, 7) is 1.24. The molecule has 6 heteroatoms. The number of para-hydroxylation sites is 3. The zero-order chi connectivity index (χ0) is 17.9. The van der Waals surface area contributed by atoms with E-state index in [-0.39, 0.29) is 18.4 Å². The molecule has 1 aromatic heterocycles. The molecule has 2 aromatic carbocycles. The first-order valence-electron chi connectivity index (χ1n) is 8.78. The van der Waals surface area contributed by atoms with Crippen LogP contribution in [0.3, 0.4) is 0 Å². The van der Waals surface area contributed by atoms with Gasteiger partial charge >= 0.3 is 0 Å². The summed E-state index contributed by atoms with van der Waals surface area (Å²) in [7, 11) is 0. The Labute approximate surface area is 151 Å². The Hall–Kier alpha value is -3.15. The van der Waals surface area contributed by atoms with Crippen molar-refractivity contribution in [3.05, 3.63) is 60.4 Å². The van der Waals surface area contributed by atoms with Crippen molar-refractivity contribution in [2.45, 2.75) is 12.8 Å². The Morgan fingerprint density at radius 1 is 1.08 bits per heavy atom. The van der Waals surface area contributed by atoms with E-state index >= 15 is 0 Å². The summed E-state index contributed by atoms with van der Waals surface area (Å²) < 4.78 is 2.10. The van der Waals surface area contributed by atoms with Crippen molar-refractivity contribution in [2.24, 2.45) is 0 Å². The van der Waals surface area contributed by atoms with Crippen LogP contribution in [0.15, 0.2) is 54.6 Å². The largest absolute Gasteiger partial charge is 0.353 e. The summed E-state index contributed by atoms with van der Waals surface area (Å²) in [5.41, 5.74) is 2.97. The normalized spacial score (nSPS) is 14.5. The fraction of sp³-hybridized carbons (Fsp3) is 0.250. The van der Waals surface area contributed by atoms with Gasteiger partial charge in [0.15, 0.2) is 0 Å². The second kappa shape index (κ2) is 7.00. The smallest absolute Gasteiger partial charge is 0.239 e. The third-order valence-corrected chi connectivity index (χ3v) is 4.60. The van der Waals surface area contributed by atoms with Gasteiger partial charge in [0, 0.05) is 31.6 Å². The Morgan fingerprint density at radius 3 is 2.65 bits per heavy atom. The highest BCUT2D eigenvalue weighted by Gasteiger charge is 2.22. The summed E-state index contributed by atoms with van der Waals surface area (Å²) in [4.78, 5) is 30.3. The second-order valence-corrected chi connectivity index (χ2v) is 6.35. The Morgan fingerprint density at radius 2 is 1.85 bits per heavy atom. The van der Waals surface area contributed by atoms with Gasteiger partial charge in [-0.1, -0.05) is 30.3 Å². The molecule has 0 atom stereocenters. The molecule has 26 heavy (non-hydrogen) atoms. The minimum Gasteiger partial charge on any atom is -0.353 e. The number of nitrogens with one attached hydrogen (secondary N) is 1. The van der Waals surface area contributed by atoms with Gasteiger partial charge in [0.2, 0.25) is 11.8 Å². The monoisotopic (exact) mass is 348 g/mol. The SMILES string of the molecule is O=C1CN(C(=O)CCc2nc3ccccc3n2-c2ccccc2)CCN1. The number of hydrogen-bond acceptors (Lipinski definition) is 3. The van der Waals surface area contributed by atoms with E-state index in [9.17, 15) is 9.59 Å². The lowest BCUT2D eigenvalue weighted by atomic mass is 10.2. The fourth-order valence-electron chi connectivity index (χ4n) is 3.34. The molecule has 1 N–H and O–H groups in total. The van der Waals surface area contributed by atoms with Crippen molar-refractivity contribution in [2.75, 3.05) is 19.6 Å². The first-order chi connectivity index (χ1) is 12.7. The molecule has 1 aliphatic heterocycles. The van der Waals surface area contributed by atoms with Gasteiger partial charge in [-0.15, -0.1) is 0 Å². The first kappa shape index (κ1) is 16.3. The number of imidazole rings is 1. The van der Waals surface area contributed by atoms with Gasteiger partial charge in [-0.3, -0.25) is 14.2 Å². The van der Waals surface area contributed by atoms with E-state index in [4.69, 9.17) is 4.98 Å². The molecule has 6 nitrogen and oxygen atoms in total. The van der Waals surface area contributed by atoms with Gasteiger partial charge in [-0.2, -0.15) is 0 Å². The summed E-state index contributed by atoms with van der Waals surface area (Å²) in [5.74, 6) is 0.750. The van der Waals surface area contributed by atoms with Crippen LogP contribution in [-0.2, 0) is 16.0 Å². The van der Waals surface area contributed by atoms with Gasteiger partial charge in [0.1, 0.15) is 5.82 Å². The fourth-order valence-corrected chi connectivity index (χ4v) is 3.34. The van der Waals surface area contributed by atoms with E-state index in [0.717, 1.165) is 22.5 Å². The number of aromatic nitrogens is 2. The highest BCUT2D eigenvalue weighted by Crippen LogP contribution is 2.22. The number of piperazine rings is 1. The second-order valence-electron chi connectivity index (χ2n) is 6.35. The Kier molecular flexibility index (Phi) is 4.39. The maximum atomic E-state index is 12.5. The molecule has 0 saturated carbocycles. The number of nitrogens with zero attached hydrogens (tertiary/aromatic N) is 3. The van der Waals surface area contributed by atoms with E-state index < -0.39 is 0 Å². The highest BCUT2D eigenvalue weighted by molar-refractivity contribution is 5.86. The quantitative estimate of drug-likeness (QED) is 0.783. The Bertz CT molecular complexity index is 949. The lowest BCUT2D eigenvalue weighted by Crippen LogP contribution is -2.50. The van der Waals surface area contributed by atoms with Crippen molar-refractivity contribution >= 4 is 22.8 Å². The van der Waals surface area contributed by atoms with Crippen molar-refractivity contribution in [1.29, 1.82) is 0 Å². The van der Waals surface area contributed by atoms with Crippen LogP contribution in [-0.4, -0.2) is 45.9 Å². The molecule has 2 heterocycles. The van der Waals surface area contributed by atoms with E-state index in [1.165, 1.54) is 0 Å². The molecule has 0 unspecified atom stereocenters. The molecule has 0 bridgehead atoms. The zero-order valence-corrected chi connectivity index (χ0v) is 14.4. The zero-order valence-electron chi connectivity index (χ0n) is 14.4. The summed E-state index contributed by atoms with van der Waals surface area (Å²) in [6.07, 6.45) is 0.865. The average molecular weight is 348 g/mol. The molecule has 2 amide bonds. The van der Waals surface area contributed by atoms with Crippen molar-refractivity contribution < 1.29 is 9.59 Å². The average Bonchev–Trinajstić information content (AvgIpc) is 3.05. The van der Waals surface area contributed by atoms with Gasteiger partial charge in [0.05, 0.1) is 17.6 Å². The molecule has 0 spiro atoms. The van der Waals surface area contributed by atoms with Gasteiger partial charge in [-0.25, -0.2) is 4.98 Å². The van der Waals surface area contributed by atoms with Crippen LogP contribution in [0.1, 0.15) is 12.2 Å². The molecule has 0 aliphatic carbocycles. The van der Waals surface area contributed by atoms with Gasteiger partial charge in [-0.05, 0) is 24.3 Å². The van der Waals surface area contributed by atoms with Crippen LogP contribution in [0.25, 0.3) is 16.7 Å². The van der Waals surface area contributed by atoms with Gasteiger partial charge < -0.3 is 10.2 Å². The van der Waals surface area contributed by atoms with Crippen LogP contribution in [0, 0.1) is 0 Å². The van der Waals surface area contributed by atoms with Crippen LogP contribution >= 0.6 is 0 Å². The summed E-state index contributed by atoms with van der Waals surface area (Å²) in [6, 6.07) is 18.0. The molecule has 3 aromatic rings. The molecule has 0 radical (unpaired) electrons. The van der Waals surface area contributed by atoms with E-state index in [1.54, 1.807) is 4.90 Å². The molecule has 1 aliphatic rings. The number of rotatable bonds is 4. The van der Waals surface area contributed by atoms with Crippen molar-refractivity contribution in [3.8, 4) is 5.69 Å². The molecule has 1 saturated heterocycles. The van der Waals surface area contributed by atoms with E-state index in [2.05, 4.69) is 9.88 Å². The third kappa shape index (κ3) is 3.18. The number of carbonyl (C=O) groups excluding carboxylic acids is 2. The Balaban J connectivity index is 1.60. The maximum absolute atomic E-state index is 12.5. The maximum Gasteiger partial charge on any atom is 0.239 e. The predicted octanol–water partition coefficient (Wildman–Crippen LogP) is 1.92. The molecular formula is C20H20N4O2. The summed E-state index contributed by atoms with van der Waals surface area (Å²) >= 11 is 0. The van der Waals surface area contributed by atoms with Gasteiger partial charge in [0.25, 0.3) is 0 Å². The highest BCUT2D eigenvalue weighted by atomic mass is 16.2. The van der Waals surface area contributed by atoms with Crippen molar-refractivity contribution in [1.82, 2.24) is 19.8 Å². The molecule has 4 rings (SSSR count). The lowest BCUT2D eigenvalue weighted by Gasteiger charge is -2.26. The van der Waals surface area contributed by atoms with Crippen LogP contribution in [0.2, 0.25) is 0 Å². The van der Waals surface area contributed by atoms with Crippen LogP contribution in [0.5, 0.6) is 0 Å². The third-order valence-electron chi connectivity index (χ3n) is 4.60. The first-order valence-corrected chi connectivity index (χ1v) is 8.78. The van der Waals surface area contributed by atoms with Crippen LogP contribution in [0.4, 0.5) is 0 Å². The molecular weight excluding hydrogens is 328 g/mol. The minimum absolute atomic E-state index is 0.00785. The number of aryl methyl sites for hydroxylation is 1. The number of hydrogen-bond donors (Lipinski definition) is 1. The van der Waals surface area contributed by atoms with Crippen LogP contribution < -0.4 is 5.32 Å². The minimum atomic E-state index is -0.0962. The number of benzene rings is 2. The van der Waals surface area contributed by atoms with Crippen molar-refractivity contribution in [3.63, 3.8) is 0 Å². The van der Waals surface area contributed by atoms with E-state index in [1.807, 2.05) is 54.6 Å². The molecule has 132 valence electrons. The number of carbonyl (C=O) groups is 2. The lowest BCUT2D eigenvalue weighted by molar-refractivity contribution is -0.138. The number of fused-ring (bicyclic) bond motifs is 1. The molecule has 1 fully saturated rings. The van der Waals surface area contributed by atoms with E-state index in [0.29, 0.717) is 25.9 Å². The number of amides is 2. The standard InChI is InChI=1S/C20H20N4O2/c25-19-14-23(13-12-21-19)20(26)11-10-18-22-16-8-4-5-9-17(16)24(18)15-6-2-1-3-7-15/h1-9H,10-14H2,(H,21,25).